The Kier molecular flexibility index (Phi) is 6.22. The SMILES string of the molecule is CN(CCCC1CC(c2cccc(F)c2)NN1)C(=O)c1c(Br)c2ccccc2n1C. The molecule has 158 valence electrons. The van der Waals surface area contributed by atoms with E-state index in [-0.39, 0.29) is 17.8 Å². The van der Waals surface area contributed by atoms with Gasteiger partial charge >= 0.3 is 0 Å². The van der Waals surface area contributed by atoms with Crippen molar-refractivity contribution in [2.45, 2.75) is 31.3 Å². The fraction of sp³-hybridized carbons (Fsp3) is 0.348. The van der Waals surface area contributed by atoms with Crippen LogP contribution in [0.3, 0.4) is 0 Å². The summed E-state index contributed by atoms with van der Waals surface area (Å²) in [6.45, 7) is 0.676. The van der Waals surface area contributed by atoms with Crippen molar-refractivity contribution >= 4 is 32.7 Å². The molecule has 2 unspecified atom stereocenters. The molecule has 2 atom stereocenters. The van der Waals surface area contributed by atoms with Gasteiger partial charge in [0.2, 0.25) is 0 Å². The van der Waals surface area contributed by atoms with Gasteiger partial charge in [0.15, 0.2) is 0 Å². The number of nitrogens with zero attached hydrogens (tertiary/aromatic N) is 2. The van der Waals surface area contributed by atoms with Crippen LogP contribution in [0.4, 0.5) is 4.39 Å². The molecule has 5 nitrogen and oxygen atoms in total. The molecule has 1 aliphatic rings. The van der Waals surface area contributed by atoms with Crippen LogP contribution in [0.2, 0.25) is 0 Å². The molecule has 0 saturated carbocycles. The molecule has 1 fully saturated rings. The van der Waals surface area contributed by atoms with Gasteiger partial charge in [0.25, 0.3) is 5.91 Å². The highest BCUT2D eigenvalue weighted by atomic mass is 79.9. The fourth-order valence-corrected chi connectivity index (χ4v) is 4.97. The van der Waals surface area contributed by atoms with E-state index in [0.717, 1.165) is 40.2 Å². The largest absolute Gasteiger partial charge is 0.340 e. The number of benzene rings is 2. The van der Waals surface area contributed by atoms with E-state index in [1.54, 1.807) is 17.0 Å². The number of carbonyl (C=O) groups excluding carboxylic acids is 1. The minimum atomic E-state index is -0.211. The van der Waals surface area contributed by atoms with Gasteiger partial charge in [0.1, 0.15) is 11.5 Å². The van der Waals surface area contributed by atoms with Crippen molar-refractivity contribution in [1.29, 1.82) is 0 Å². The summed E-state index contributed by atoms with van der Waals surface area (Å²) in [6, 6.07) is 15.1. The first-order valence-corrected chi connectivity index (χ1v) is 11.0. The van der Waals surface area contributed by atoms with Crippen LogP contribution in [0.1, 0.15) is 41.4 Å². The molecule has 1 aliphatic heterocycles. The summed E-state index contributed by atoms with van der Waals surface area (Å²) >= 11 is 3.61. The highest BCUT2D eigenvalue weighted by Gasteiger charge is 2.26. The summed E-state index contributed by atoms with van der Waals surface area (Å²) in [7, 11) is 3.77. The zero-order valence-electron chi connectivity index (χ0n) is 17.2. The maximum absolute atomic E-state index is 13.5. The number of aromatic nitrogens is 1. The smallest absolute Gasteiger partial charge is 0.271 e. The van der Waals surface area contributed by atoms with E-state index < -0.39 is 0 Å². The molecule has 1 amide bonds. The second kappa shape index (κ2) is 8.88. The van der Waals surface area contributed by atoms with Gasteiger partial charge < -0.3 is 9.47 Å². The van der Waals surface area contributed by atoms with Gasteiger partial charge in [-0.1, -0.05) is 30.3 Å². The van der Waals surface area contributed by atoms with Crippen LogP contribution >= 0.6 is 15.9 Å². The van der Waals surface area contributed by atoms with E-state index in [1.807, 2.05) is 49.0 Å². The Bertz CT molecular complexity index is 1030. The molecule has 2 aromatic carbocycles. The molecule has 7 heteroatoms. The molecule has 1 saturated heterocycles. The summed E-state index contributed by atoms with van der Waals surface area (Å²) in [5.74, 6) is -0.201. The lowest BCUT2D eigenvalue weighted by atomic mass is 9.99. The predicted octanol–water partition coefficient (Wildman–Crippen LogP) is 4.54. The molecule has 0 spiro atoms. The van der Waals surface area contributed by atoms with Crippen LogP contribution in [-0.4, -0.2) is 35.0 Å². The minimum absolute atomic E-state index is 0.00992. The third-order valence-electron chi connectivity index (χ3n) is 5.87. The first kappa shape index (κ1) is 21.0. The molecular weight excluding hydrogens is 447 g/mol. The highest BCUT2D eigenvalue weighted by Crippen LogP contribution is 2.31. The van der Waals surface area contributed by atoms with Crippen molar-refractivity contribution in [2.24, 2.45) is 7.05 Å². The molecule has 2 heterocycles. The second-order valence-electron chi connectivity index (χ2n) is 7.94. The number of hydrazine groups is 1. The van der Waals surface area contributed by atoms with Gasteiger partial charge in [0, 0.05) is 43.6 Å². The number of nitrogens with one attached hydrogen (secondary N) is 2. The predicted molar refractivity (Wildman–Crippen MR) is 121 cm³/mol. The van der Waals surface area contributed by atoms with Crippen molar-refractivity contribution in [2.75, 3.05) is 13.6 Å². The average Bonchev–Trinajstić information content (AvgIpc) is 3.31. The van der Waals surface area contributed by atoms with Crippen LogP contribution in [-0.2, 0) is 7.05 Å². The van der Waals surface area contributed by atoms with Crippen LogP contribution in [0.25, 0.3) is 10.9 Å². The molecule has 2 N–H and O–H groups in total. The second-order valence-corrected chi connectivity index (χ2v) is 8.73. The number of aryl methyl sites for hydroxylation is 1. The quantitative estimate of drug-likeness (QED) is 0.553. The van der Waals surface area contributed by atoms with Crippen molar-refractivity contribution in [3.63, 3.8) is 0 Å². The number of para-hydroxylation sites is 1. The normalized spacial score (nSPS) is 18.8. The standard InChI is InChI=1S/C23H26BrFN4O/c1-28(23(30)22-21(24)18-10-3-4-11-20(18)29(22)2)12-6-9-17-14-19(27-26-17)15-7-5-8-16(25)13-15/h3-5,7-8,10-11,13,17,19,26-27H,6,9,12,14H2,1-2H3. The van der Waals surface area contributed by atoms with Gasteiger partial charge in [-0.05, 0) is 59.0 Å². The number of fused-ring (bicyclic) bond motifs is 1. The first-order valence-electron chi connectivity index (χ1n) is 10.2. The van der Waals surface area contributed by atoms with Crippen LogP contribution in [0.15, 0.2) is 53.0 Å². The lowest BCUT2D eigenvalue weighted by molar-refractivity contribution is 0.0782. The molecule has 0 bridgehead atoms. The number of rotatable bonds is 6. The van der Waals surface area contributed by atoms with Gasteiger partial charge in [-0.2, -0.15) is 0 Å². The average molecular weight is 473 g/mol. The van der Waals surface area contributed by atoms with Gasteiger partial charge in [-0.3, -0.25) is 15.6 Å². The van der Waals surface area contributed by atoms with E-state index in [1.165, 1.54) is 6.07 Å². The van der Waals surface area contributed by atoms with Crippen molar-refractivity contribution in [1.82, 2.24) is 20.3 Å². The number of halogens is 2. The van der Waals surface area contributed by atoms with E-state index in [9.17, 15) is 9.18 Å². The van der Waals surface area contributed by atoms with Crippen molar-refractivity contribution < 1.29 is 9.18 Å². The Balaban J connectivity index is 1.32. The molecule has 4 rings (SSSR count). The van der Waals surface area contributed by atoms with E-state index >= 15 is 0 Å². The molecular formula is C23H26BrFN4O. The monoisotopic (exact) mass is 472 g/mol. The van der Waals surface area contributed by atoms with Crippen molar-refractivity contribution in [3.8, 4) is 0 Å². The summed E-state index contributed by atoms with van der Waals surface area (Å²) in [4.78, 5) is 14.8. The Morgan fingerprint density at radius 3 is 2.80 bits per heavy atom. The fourth-order valence-electron chi connectivity index (χ4n) is 4.20. The third-order valence-corrected chi connectivity index (χ3v) is 6.68. The molecule has 0 radical (unpaired) electrons. The molecule has 0 aliphatic carbocycles. The van der Waals surface area contributed by atoms with Crippen LogP contribution < -0.4 is 10.9 Å². The summed E-state index contributed by atoms with van der Waals surface area (Å²) in [6.07, 6.45) is 2.72. The Hall–Kier alpha value is -2.22. The topological polar surface area (TPSA) is 49.3 Å². The first-order chi connectivity index (χ1) is 14.5. The van der Waals surface area contributed by atoms with E-state index in [2.05, 4.69) is 26.8 Å². The highest BCUT2D eigenvalue weighted by molar-refractivity contribution is 9.10. The lowest BCUT2D eigenvalue weighted by Crippen LogP contribution is -2.33. The Morgan fingerprint density at radius 2 is 2.03 bits per heavy atom. The summed E-state index contributed by atoms with van der Waals surface area (Å²) in [5.41, 5.74) is 9.23. The zero-order chi connectivity index (χ0) is 21.3. The number of hydrogen-bond donors (Lipinski definition) is 2. The minimum Gasteiger partial charge on any atom is -0.340 e. The maximum atomic E-state index is 13.5. The van der Waals surface area contributed by atoms with Crippen LogP contribution in [0.5, 0.6) is 0 Å². The summed E-state index contributed by atoms with van der Waals surface area (Å²) in [5, 5.41) is 1.04. The molecule has 3 aromatic rings. The summed E-state index contributed by atoms with van der Waals surface area (Å²) < 4.78 is 16.3. The van der Waals surface area contributed by atoms with Gasteiger partial charge in [-0.15, -0.1) is 0 Å². The van der Waals surface area contributed by atoms with Gasteiger partial charge in [-0.25, -0.2) is 4.39 Å². The maximum Gasteiger partial charge on any atom is 0.271 e. The number of carbonyl (C=O) groups is 1. The number of amides is 1. The molecule has 1 aromatic heterocycles. The lowest BCUT2D eigenvalue weighted by Gasteiger charge is -2.19. The van der Waals surface area contributed by atoms with E-state index in [0.29, 0.717) is 18.3 Å². The Labute approximate surface area is 184 Å². The van der Waals surface area contributed by atoms with Crippen molar-refractivity contribution in [3.05, 3.63) is 70.1 Å². The molecule has 30 heavy (non-hydrogen) atoms. The van der Waals surface area contributed by atoms with Crippen LogP contribution in [0, 0.1) is 5.82 Å². The van der Waals surface area contributed by atoms with E-state index in [4.69, 9.17) is 0 Å². The van der Waals surface area contributed by atoms with Gasteiger partial charge in [0.05, 0.1) is 4.47 Å². The third kappa shape index (κ3) is 4.15. The zero-order valence-corrected chi connectivity index (χ0v) is 18.7. The Morgan fingerprint density at radius 1 is 1.23 bits per heavy atom. The number of hydrogen-bond acceptors (Lipinski definition) is 3.